The van der Waals surface area contributed by atoms with E-state index >= 15 is 0 Å². The van der Waals surface area contributed by atoms with Crippen LogP contribution in [0.2, 0.25) is 0 Å². The molecule has 1 unspecified atom stereocenters. The molecular formula is C12H26N2O2S2. The lowest BCUT2D eigenvalue weighted by atomic mass is 10.2. The summed E-state index contributed by atoms with van der Waals surface area (Å²) in [6.07, 6.45) is 4.82. The highest BCUT2D eigenvalue weighted by molar-refractivity contribution is 8.00. The maximum absolute atomic E-state index is 11.7. The molecule has 0 aromatic carbocycles. The van der Waals surface area contributed by atoms with Gasteiger partial charge in [0.05, 0.1) is 0 Å². The highest BCUT2D eigenvalue weighted by atomic mass is 32.2. The molecule has 0 aromatic heterocycles. The third kappa shape index (κ3) is 5.91. The molecule has 0 amide bonds. The van der Waals surface area contributed by atoms with E-state index in [1.807, 2.05) is 0 Å². The van der Waals surface area contributed by atoms with Gasteiger partial charge in [0.1, 0.15) is 5.37 Å². The number of unbranched alkanes of at least 4 members (excludes halogenated alkanes) is 2. The number of hydrogen-bond donors (Lipinski definition) is 1. The van der Waals surface area contributed by atoms with Crippen LogP contribution < -0.4 is 5.32 Å². The molecule has 108 valence electrons. The number of nitrogens with zero attached hydrogens (tertiary/aromatic N) is 1. The zero-order valence-corrected chi connectivity index (χ0v) is 13.2. The molecular weight excluding hydrogens is 268 g/mol. The first-order chi connectivity index (χ1) is 8.55. The molecule has 1 aliphatic rings. The third-order valence-electron chi connectivity index (χ3n) is 3.23. The maximum Gasteiger partial charge on any atom is 0.164 e. The van der Waals surface area contributed by atoms with Crippen molar-refractivity contribution in [1.29, 1.82) is 0 Å². The summed E-state index contributed by atoms with van der Waals surface area (Å²) in [7, 11) is -2.93. The number of hydrogen-bond acceptors (Lipinski definition) is 5. The summed E-state index contributed by atoms with van der Waals surface area (Å²) >= 11 is 1.75. The normalized spacial score (nSPS) is 22.2. The van der Waals surface area contributed by atoms with Crippen molar-refractivity contribution in [2.75, 3.05) is 43.9 Å². The van der Waals surface area contributed by atoms with Gasteiger partial charge in [-0.05, 0) is 32.5 Å². The molecule has 1 atom stereocenters. The minimum Gasteiger partial charge on any atom is -0.317 e. The van der Waals surface area contributed by atoms with Crippen LogP contribution in [0.25, 0.3) is 0 Å². The molecule has 0 spiro atoms. The van der Waals surface area contributed by atoms with Gasteiger partial charge in [0.2, 0.25) is 0 Å². The molecule has 1 saturated heterocycles. The summed E-state index contributed by atoms with van der Waals surface area (Å²) in [5.41, 5.74) is 0. The van der Waals surface area contributed by atoms with Crippen LogP contribution in [-0.2, 0) is 9.84 Å². The van der Waals surface area contributed by atoms with E-state index in [0.29, 0.717) is 0 Å². The van der Waals surface area contributed by atoms with Crippen LogP contribution in [0.15, 0.2) is 0 Å². The van der Waals surface area contributed by atoms with Crippen LogP contribution in [0, 0.1) is 0 Å². The second kappa shape index (κ2) is 8.40. The predicted octanol–water partition coefficient (Wildman–Crippen LogP) is 1.19. The molecule has 1 N–H and O–H groups in total. The first-order valence-corrected chi connectivity index (χ1v) is 9.88. The van der Waals surface area contributed by atoms with Crippen LogP contribution in [-0.4, -0.2) is 62.6 Å². The zero-order chi connectivity index (χ0) is 13.4. The lowest BCUT2D eigenvalue weighted by Gasteiger charge is -2.33. The molecule has 1 fully saturated rings. The Morgan fingerprint density at radius 3 is 2.78 bits per heavy atom. The van der Waals surface area contributed by atoms with E-state index in [0.717, 1.165) is 44.1 Å². The Kier molecular flexibility index (Phi) is 7.60. The van der Waals surface area contributed by atoms with Crippen molar-refractivity contribution < 1.29 is 8.42 Å². The summed E-state index contributed by atoms with van der Waals surface area (Å²) in [6, 6.07) is 0. The second-order valence-electron chi connectivity index (χ2n) is 4.81. The molecule has 1 heterocycles. The zero-order valence-electron chi connectivity index (χ0n) is 11.5. The van der Waals surface area contributed by atoms with Crippen molar-refractivity contribution in [3.8, 4) is 0 Å². The third-order valence-corrected chi connectivity index (χ3v) is 5.92. The van der Waals surface area contributed by atoms with Crippen molar-refractivity contribution in [2.45, 2.75) is 31.6 Å². The van der Waals surface area contributed by atoms with Crippen molar-refractivity contribution >= 4 is 21.6 Å². The van der Waals surface area contributed by atoms with E-state index < -0.39 is 9.84 Å². The Bertz CT molecular complexity index is 320. The Labute approximate surface area is 116 Å². The molecule has 0 saturated carbocycles. The highest BCUT2D eigenvalue weighted by Crippen LogP contribution is 2.20. The number of rotatable bonds is 8. The van der Waals surface area contributed by atoms with Gasteiger partial charge < -0.3 is 5.32 Å². The van der Waals surface area contributed by atoms with Crippen molar-refractivity contribution in [3.63, 3.8) is 0 Å². The summed E-state index contributed by atoms with van der Waals surface area (Å²) < 4.78 is 23.4. The molecule has 0 radical (unpaired) electrons. The maximum atomic E-state index is 11.7. The average Bonchev–Trinajstić information content (AvgIpc) is 2.33. The molecule has 0 bridgehead atoms. The first kappa shape index (κ1) is 16.3. The average molecular weight is 294 g/mol. The van der Waals surface area contributed by atoms with Gasteiger partial charge in [-0.15, -0.1) is 0 Å². The predicted molar refractivity (Wildman–Crippen MR) is 79.9 cm³/mol. The van der Waals surface area contributed by atoms with Crippen LogP contribution in [0.3, 0.4) is 0 Å². The molecule has 0 aromatic rings. The van der Waals surface area contributed by atoms with Crippen LogP contribution in [0.1, 0.15) is 26.2 Å². The lowest BCUT2D eigenvalue weighted by Crippen LogP contribution is -2.47. The molecule has 1 aliphatic heterocycles. The van der Waals surface area contributed by atoms with Gasteiger partial charge in [0.25, 0.3) is 0 Å². The Hall–Kier alpha value is 0.220. The SMILES string of the molecule is CCNCCCCCN1CCSCC1S(C)(=O)=O. The number of nitrogens with one attached hydrogen (secondary N) is 1. The minimum absolute atomic E-state index is 0.259. The van der Waals surface area contributed by atoms with Crippen molar-refractivity contribution in [3.05, 3.63) is 0 Å². The fourth-order valence-corrected chi connectivity index (χ4v) is 5.16. The van der Waals surface area contributed by atoms with E-state index in [1.165, 1.54) is 19.1 Å². The van der Waals surface area contributed by atoms with Gasteiger partial charge >= 0.3 is 0 Å². The van der Waals surface area contributed by atoms with E-state index in [2.05, 4.69) is 17.1 Å². The molecule has 18 heavy (non-hydrogen) atoms. The summed E-state index contributed by atoms with van der Waals surface area (Å²) in [5, 5.41) is 3.05. The van der Waals surface area contributed by atoms with Gasteiger partial charge in [-0.3, -0.25) is 4.90 Å². The van der Waals surface area contributed by atoms with Crippen LogP contribution >= 0.6 is 11.8 Å². The minimum atomic E-state index is -2.93. The summed E-state index contributed by atoms with van der Waals surface area (Å²) in [6.45, 7) is 6.05. The topological polar surface area (TPSA) is 49.4 Å². The Balaban J connectivity index is 2.26. The fourth-order valence-electron chi connectivity index (χ4n) is 2.18. The second-order valence-corrected chi connectivity index (χ2v) is 8.16. The molecule has 0 aliphatic carbocycles. The van der Waals surface area contributed by atoms with Crippen molar-refractivity contribution in [1.82, 2.24) is 10.2 Å². The van der Waals surface area contributed by atoms with Gasteiger partial charge in [0, 0.05) is 24.3 Å². The molecule has 1 rings (SSSR count). The lowest BCUT2D eigenvalue weighted by molar-refractivity contribution is 0.264. The number of sulfone groups is 1. The molecule has 4 nitrogen and oxygen atoms in total. The van der Waals surface area contributed by atoms with Crippen LogP contribution in [0.5, 0.6) is 0 Å². The number of thioether (sulfide) groups is 1. The summed E-state index contributed by atoms with van der Waals surface area (Å²) in [4.78, 5) is 2.15. The smallest absolute Gasteiger partial charge is 0.164 e. The standard InChI is InChI=1S/C12H26N2O2S2/c1-3-13-7-5-4-6-8-14-9-10-17-11-12(14)18(2,15)16/h12-13H,3-11H2,1-2H3. The van der Waals surface area contributed by atoms with Gasteiger partial charge in [-0.25, -0.2) is 8.42 Å². The van der Waals surface area contributed by atoms with Gasteiger partial charge in [0.15, 0.2) is 9.84 Å². The largest absolute Gasteiger partial charge is 0.317 e. The van der Waals surface area contributed by atoms with E-state index in [1.54, 1.807) is 11.8 Å². The van der Waals surface area contributed by atoms with Crippen molar-refractivity contribution in [2.24, 2.45) is 0 Å². The Morgan fingerprint density at radius 2 is 2.11 bits per heavy atom. The first-order valence-electron chi connectivity index (χ1n) is 6.77. The monoisotopic (exact) mass is 294 g/mol. The van der Waals surface area contributed by atoms with Crippen LogP contribution in [0.4, 0.5) is 0 Å². The molecule has 6 heteroatoms. The van der Waals surface area contributed by atoms with E-state index in [4.69, 9.17) is 0 Å². The Morgan fingerprint density at radius 1 is 1.33 bits per heavy atom. The summed E-state index contributed by atoms with van der Waals surface area (Å²) in [5.74, 6) is 1.79. The van der Waals surface area contributed by atoms with E-state index in [9.17, 15) is 8.42 Å². The van der Waals surface area contributed by atoms with Gasteiger partial charge in [-0.2, -0.15) is 11.8 Å². The highest BCUT2D eigenvalue weighted by Gasteiger charge is 2.30. The van der Waals surface area contributed by atoms with E-state index in [-0.39, 0.29) is 5.37 Å². The quantitative estimate of drug-likeness (QED) is 0.681. The fraction of sp³-hybridized carbons (Fsp3) is 1.00. The van der Waals surface area contributed by atoms with Gasteiger partial charge in [-0.1, -0.05) is 13.3 Å².